The van der Waals surface area contributed by atoms with E-state index in [2.05, 4.69) is 10.6 Å². The van der Waals surface area contributed by atoms with Crippen LogP contribution in [0.2, 0.25) is 5.02 Å². The molecule has 2 aliphatic rings. The Kier molecular flexibility index (Phi) is 7.17. The lowest BCUT2D eigenvalue weighted by Crippen LogP contribution is -2.56. The molecule has 0 aromatic heterocycles. The fourth-order valence-corrected chi connectivity index (χ4v) is 4.25. The van der Waals surface area contributed by atoms with Crippen molar-refractivity contribution in [1.82, 2.24) is 15.5 Å². The number of halogens is 2. The molecule has 2 amide bonds. The minimum Gasteiger partial charge on any atom is -0.350 e. The summed E-state index contributed by atoms with van der Waals surface area (Å²) in [6.45, 7) is 2.16. The normalized spacial score (nSPS) is 20.9. The zero-order chi connectivity index (χ0) is 19.5. The SMILES string of the molecule is Cl.O=C(N[C@H]1CCCNC1)C1Cc2ccccc2CN1C(=O)c1ccccc1Cl. The highest BCUT2D eigenvalue weighted by molar-refractivity contribution is 6.33. The fraction of sp³-hybridized carbons (Fsp3) is 0.364. The van der Waals surface area contributed by atoms with Gasteiger partial charge in [0.15, 0.2) is 0 Å². The average molecular weight is 434 g/mol. The third-order valence-electron chi connectivity index (χ3n) is 5.56. The van der Waals surface area contributed by atoms with Crippen molar-refractivity contribution < 1.29 is 9.59 Å². The van der Waals surface area contributed by atoms with Gasteiger partial charge in [0.2, 0.25) is 5.91 Å². The molecule has 4 rings (SSSR count). The van der Waals surface area contributed by atoms with E-state index >= 15 is 0 Å². The molecule has 29 heavy (non-hydrogen) atoms. The summed E-state index contributed by atoms with van der Waals surface area (Å²) in [5.74, 6) is -0.300. The summed E-state index contributed by atoms with van der Waals surface area (Å²) in [6, 6.07) is 14.6. The maximum absolute atomic E-state index is 13.3. The predicted molar refractivity (Wildman–Crippen MR) is 117 cm³/mol. The third kappa shape index (κ3) is 4.74. The first-order valence-corrected chi connectivity index (χ1v) is 10.1. The van der Waals surface area contributed by atoms with Gasteiger partial charge in [0.1, 0.15) is 6.04 Å². The first-order chi connectivity index (χ1) is 13.6. The van der Waals surface area contributed by atoms with Crippen LogP contribution in [0.25, 0.3) is 0 Å². The van der Waals surface area contributed by atoms with E-state index in [1.54, 1.807) is 29.2 Å². The number of nitrogens with one attached hydrogen (secondary N) is 2. The number of piperidine rings is 1. The molecule has 0 saturated carbocycles. The van der Waals surface area contributed by atoms with Crippen molar-refractivity contribution in [1.29, 1.82) is 0 Å². The van der Waals surface area contributed by atoms with Crippen molar-refractivity contribution in [2.24, 2.45) is 0 Å². The van der Waals surface area contributed by atoms with Crippen LogP contribution in [0.3, 0.4) is 0 Å². The van der Waals surface area contributed by atoms with Crippen molar-refractivity contribution in [3.05, 3.63) is 70.2 Å². The predicted octanol–water partition coefficient (Wildman–Crippen LogP) is 3.20. The maximum atomic E-state index is 13.3. The molecule has 2 aromatic rings. The Morgan fingerprint density at radius 2 is 1.79 bits per heavy atom. The van der Waals surface area contributed by atoms with Gasteiger partial charge in [0.25, 0.3) is 5.91 Å². The minimum atomic E-state index is -0.541. The molecule has 1 saturated heterocycles. The molecule has 5 nitrogen and oxygen atoms in total. The fourth-order valence-electron chi connectivity index (χ4n) is 4.03. The lowest BCUT2D eigenvalue weighted by Gasteiger charge is -2.37. The second-order valence-electron chi connectivity index (χ2n) is 7.45. The van der Waals surface area contributed by atoms with Crippen LogP contribution >= 0.6 is 24.0 Å². The van der Waals surface area contributed by atoms with Gasteiger partial charge < -0.3 is 15.5 Å². The molecule has 2 aliphatic heterocycles. The third-order valence-corrected chi connectivity index (χ3v) is 5.89. The standard InChI is InChI=1S/C22H24ClN3O2.ClH/c23-19-10-4-3-9-18(19)22(28)26-14-16-7-2-1-6-15(16)12-20(26)21(27)25-17-8-5-11-24-13-17;/h1-4,6-7,9-10,17,20,24H,5,8,11-14H2,(H,25,27);1H/t17-,20?;/m0./s1. The van der Waals surface area contributed by atoms with E-state index in [0.29, 0.717) is 23.6 Å². The Morgan fingerprint density at radius 3 is 2.52 bits per heavy atom. The molecule has 0 bridgehead atoms. The molecule has 2 heterocycles. The van der Waals surface area contributed by atoms with Crippen LogP contribution in [-0.4, -0.2) is 41.9 Å². The topological polar surface area (TPSA) is 61.4 Å². The minimum absolute atomic E-state index is 0. The zero-order valence-electron chi connectivity index (χ0n) is 16.1. The van der Waals surface area contributed by atoms with Gasteiger partial charge in [-0.2, -0.15) is 0 Å². The molecule has 0 aliphatic carbocycles. The van der Waals surface area contributed by atoms with Crippen molar-refractivity contribution in [3.8, 4) is 0 Å². The highest BCUT2D eigenvalue weighted by Crippen LogP contribution is 2.27. The van der Waals surface area contributed by atoms with E-state index in [-0.39, 0.29) is 30.3 Å². The van der Waals surface area contributed by atoms with Gasteiger partial charge in [-0.05, 0) is 42.6 Å². The summed E-state index contributed by atoms with van der Waals surface area (Å²) < 4.78 is 0. The maximum Gasteiger partial charge on any atom is 0.256 e. The van der Waals surface area contributed by atoms with Crippen LogP contribution in [0, 0.1) is 0 Å². The molecule has 0 radical (unpaired) electrons. The molecule has 154 valence electrons. The largest absolute Gasteiger partial charge is 0.350 e. The number of hydrogen-bond donors (Lipinski definition) is 2. The molecule has 2 atom stereocenters. The lowest BCUT2D eigenvalue weighted by molar-refractivity contribution is -0.127. The summed E-state index contributed by atoms with van der Waals surface area (Å²) in [5, 5.41) is 6.86. The molecule has 2 N–H and O–H groups in total. The van der Waals surface area contributed by atoms with Crippen molar-refractivity contribution in [2.75, 3.05) is 13.1 Å². The number of hydrogen-bond acceptors (Lipinski definition) is 3. The number of fused-ring (bicyclic) bond motifs is 1. The Bertz CT molecular complexity index is 884. The summed E-state index contributed by atoms with van der Waals surface area (Å²) >= 11 is 6.27. The number of carbonyl (C=O) groups is 2. The monoisotopic (exact) mass is 433 g/mol. The van der Waals surface area contributed by atoms with E-state index in [1.807, 2.05) is 24.3 Å². The molecular weight excluding hydrogens is 409 g/mol. The zero-order valence-corrected chi connectivity index (χ0v) is 17.6. The number of nitrogens with zero attached hydrogens (tertiary/aromatic N) is 1. The van der Waals surface area contributed by atoms with Gasteiger partial charge in [0, 0.05) is 25.6 Å². The van der Waals surface area contributed by atoms with Gasteiger partial charge in [-0.3, -0.25) is 9.59 Å². The van der Waals surface area contributed by atoms with Crippen molar-refractivity contribution in [2.45, 2.75) is 37.9 Å². The smallest absolute Gasteiger partial charge is 0.256 e. The molecular formula is C22H25Cl2N3O2. The van der Waals surface area contributed by atoms with E-state index in [4.69, 9.17) is 11.6 Å². The van der Waals surface area contributed by atoms with Crippen LogP contribution in [0.5, 0.6) is 0 Å². The summed E-state index contributed by atoms with van der Waals surface area (Å²) in [6.07, 6.45) is 2.51. The summed E-state index contributed by atoms with van der Waals surface area (Å²) in [4.78, 5) is 28.1. The van der Waals surface area contributed by atoms with E-state index in [1.165, 1.54) is 0 Å². The molecule has 1 unspecified atom stereocenters. The van der Waals surface area contributed by atoms with E-state index in [0.717, 1.165) is 37.1 Å². The van der Waals surface area contributed by atoms with Crippen LogP contribution in [0.1, 0.15) is 34.3 Å². The molecule has 0 spiro atoms. The van der Waals surface area contributed by atoms with Crippen molar-refractivity contribution >= 4 is 35.8 Å². The van der Waals surface area contributed by atoms with Gasteiger partial charge in [-0.1, -0.05) is 48.0 Å². The number of rotatable bonds is 3. The Morgan fingerprint density at radius 1 is 1.07 bits per heavy atom. The molecule has 7 heteroatoms. The average Bonchev–Trinajstić information content (AvgIpc) is 2.73. The van der Waals surface area contributed by atoms with E-state index < -0.39 is 6.04 Å². The summed E-state index contributed by atoms with van der Waals surface area (Å²) in [7, 11) is 0. The Labute approximate surface area is 182 Å². The second kappa shape index (κ2) is 9.61. The summed E-state index contributed by atoms with van der Waals surface area (Å²) in [5.41, 5.74) is 2.62. The van der Waals surface area contributed by atoms with Crippen LogP contribution in [0.15, 0.2) is 48.5 Å². The van der Waals surface area contributed by atoms with Gasteiger partial charge in [-0.25, -0.2) is 0 Å². The quantitative estimate of drug-likeness (QED) is 0.780. The first kappa shape index (κ1) is 21.6. The lowest BCUT2D eigenvalue weighted by atomic mass is 9.92. The highest BCUT2D eigenvalue weighted by atomic mass is 35.5. The second-order valence-corrected chi connectivity index (χ2v) is 7.86. The van der Waals surface area contributed by atoms with E-state index in [9.17, 15) is 9.59 Å². The number of carbonyl (C=O) groups excluding carboxylic acids is 2. The highest BCUT2D eigenvalue weighted by Gasteiger charge is 2.36. The van der Waals surface area contributed by atoms with Gasteiger partial charge in [-0.15, -0.1) is 12.4 Å². The molecule has 2 aromatic carbocycles. The van der Waals surface area contributed by atoms with Gasteiger partial charge in [0.05, 0.1) is 10.6 Å². The van der Waals surface area contributed by atoms with Crippen molar-refractivity contribution in [3.63, 3.8) is 0 Å². The first-order valence-electron chi connectivity index (χ1n) is 9.77. The molecule has 1 fully saturated rings. The van der Waals surface area contributed by atoms with Crippen LogP contribution in [0.4, 0.5) is 0 Å². The van der Waals surface area contributed by atoms with Crippen LogP contribution in [-0.2, 0) is 17.8 Å². The Hall–Kier alpha value is -2.08. The van der Waals surface area contributed by atoms with Crippen LogP contribution < -0.4 is 10.6 Å². The Balaban J connectivity index is 0.00000240. The number of benzene rings is 2. The number of amides is 2. The van der Waals surface area contributed by atoms with Gasteiger partial charge >= 0.3 is 0 Å².